The van der Waals surface area contributed by atoms with Gasteiger partial charge in [-0.05, 0) is 6.92 Å². The van der Waals surface area contributed by atoms with Gasteiger partial charge >= 0.3 is 83.4 Å². The molecule has 0 saturated heterocycles. The fourth-order valence-electron chi connectivity index (χ4n) is 2.64. The van der Waals surface area contributed by atoms with E-state index < -0.39 is 89.0 Å². The van der Waals surface area contributed by atoms with Crippen LogP contribution in [0.25, 0.3) is 0 Å². The van der Waals surface area contributed by atoms with E-state index in [2.05, 4.69) is 0 Å². The third kappa shape index (κ3) is 5.14. The number of ether oxygens (including phenoxy) is 1. The van der Waals surface area contributed by atoms with Crippen molar-refractivity contribution in [1.82, 2.24) is 0 Å². The Morgan fingerprint density at radius 3 is 0.848 bits per heavy atom. The molecule has 0 aromatic rings. The highest BCUT2D eigenvalue weighted by Crippen LogP contribution is 2.69. The van der Waals surface area contributed by atoms with Gasteiger partial charge in [-0.2, -0.15) is 114 Å². The molecule has 0 fully saturated rings. The minimum Gasteiger partial charge on any atom is -0.413 e. The van der Waals surface area contributed by atoms with Gasteiger partial charge in [0.1, 0.15) is 0 Å². The molecule has 0 heterocycles. The zero-order valence-electron chi connectivity index (χ0n) is 20.2. The van der Waals surface area contributed by atoms with Crippen molar-refractivity contribution >= 4 is 5.97 Å². The second-order valence-electron chi connectivity index (χ2n) is 8.51. The molecule has 0 rings (SSSR count). The molecule has 0 amide bonds. The van der Waals surface area contributed by atoms with Gasteiger partial charge in [0.2, 0.25) is 0 Å². The predicted molar refractivity (Wildman–Crippen MR) is 86.3 cm³/mol. The summed E-state index contributed by atoms with van der Waals surface area (Å²) in [5.74, 6) is -89.0. The molecule has 0 spiro atoms. The maximum absolute atomic E-state index is 14.9. The highest BCUT2D eigenvalue weighted by molar-refractivity contribution is 5.87. The smallest absolute Gasteiger partial charge is 0.413 e. The Kier molecular flexibility index (Phi) is 10.0. The topological polar surface area (TPSA) is 26.3 Å². The standard InChI is InChI=1S/C17H5F27O2/c1-3(2)4(45)46-14(35,12(31,32)9(25,26)10(27,28)13(33,34)17(42,43)44)11(29,30)8(23,24)7(21,22)6(19,20)5(18,15(36,37)38)16(39,40)41/h1H2,2H3. The third-order valence-electron chi connectivity index (χ3n) is 5.33. The van der Waals surface area contributed by atoms with Crippen molar-refractivity contribution in [3.63, 3.8) is 0 Å². The molecule has 29 heteroatoms. The highest BCUT2D eigenvalue weighted by atomic mass is 19.4. The molecule has 0 aliphatic carbocycles. The molecule has 0 bridgehead atoms. The van der Waals surface area contributed by atoms with Gasteiger partial charge in [-0.15, -0.1) is 0 Å². The molecule has 274 valence electrons. The number of carbonyl (C=O) groups excluding carboxylic acids is 1. The van der Waals surface area contributed by atoms with Gasteiger partial charge in [-0.1, -0.05) is 6.58 Å². The van der Waals surface area contributed by atoms with Crippen LogP contribution in [0.15, 0.2) is 12.2 Å². The van der Waals surface area contributed by atoms with Crippen molar-refractivity contribution < 1.29 is 128 Å². The maximum Gasteiger partial charge on any atom is 0.460 e. The van der Waals surface area contributed by atoms with Gasteiger partial charge in [0.05, 0.1) is 0 Å². The van der Waals surface area contributed by atoms with Crippen molar-refractivity contribution in [2.45, 2.75) is 84.4 Å². The fraction of sp³-hybridized carbons (Fsp3) is 0.824. The molecular weight excluding hydrogens is 749 g/mol. The quantitative estimate of drug-likeness (QED) is 0.120. The van der Waals surface area contributed by atoms with Gasteiger partial charge in [0.25, 0.3) is 0 Å². The summed E-state index contributed by atoms with van der Waals surface area (Å²) in [6.45, 7) is 1.79. The first-order chi connectivity index (χ1) is 19.3. The number of carbonyl (C=O) groups is 1. The summed E-state index contributed by atoms with van der Waals surface area (Å²) in [6, 6.07) is 0. The molecule has 1 unspecified atom stereocenters. The van der Waals surface area contributed by atoms with Crippen LogP contribution in [0.5, 0.6) is 0 Å². The molecule has 0 aromatic heterocycles. The van der Waals surface area contributed by atoms with Crippen LogP contribution in [0.4, 0.5) is 119 Å². The SMILES string of the molecule is C=C(C)C(=O)OC(F)(C(F)(F)C(F)(F)C(F)(F)C(F)(F)C(F)(F)F)C(F)(F)C(F)(F)C(F)(F)C(F)(F)C(F)(C(F)(F)F)C(F)(F)F. The lowest BCUT2D eigenvalue weighted by Crippen LogP contribution is -2.81. The molecule has 0 aliphatic heterocycles. The lowest BCUT2D eigenvalue weighted by molar-refractivity contribution is -0.497. The summed E-state index contributed by atoms with van der Waals surface area (Å²) >= 11 is 0. The molecule has 0 radical (unpaired) electrons. The number of hydrogen-bond donors (Lipinski definition) is 0. The van der Waals surface area contributed by atoms with Crippen LogP contribution in [0.2, 0.25) is 0 Å². The first-order valence-electron chi connectivity index (χ1n) is 9.82. The Balaban J connectivity index is 8.23. The second kappa shape index (κ2) is 10.7. The van der Waals surface area contributed by atoms with E-state index in [1.54, 1.807) is 0 Å². The van der Waals surface area contributed by atoms with Crippen LogP contribution in [-0.2, 0) is 9.53 Å². The Morgan fingerprint density at radius 1 is 0.391 bits per heavy atom. The van der Waals surface area contributed by atoms with Gasteiger partial charge < -0.3 is 4.74 Å². The second-order valence-corrected chi connectivity index (χ2v) is 8.51. The number of hydrogen-bond acceptors (Lipinski definition) is 2. The van der Waals surface area contributed by atoms with E-state index in [9.17, 15) is 123 Å². The van der Waals surface area contributed by atoms with E-state index in [0.717, 1.165) is 0 Å². The summed E-state index contributed by atoms with van der Waals surface area (Å²) in [5.41, 5.74) is -11.4. The molecule has 0 saturated carbocycles. The van der Waals surface area contributed by atoms with Crippen molar-refractivity contribution in [3.8, 4) is 0 Å². The molecule has 2 nitrogen and oxygen atoms in total. The highest BCUT2D eigenvalue weighted by Gasteiger charge is 3.01. The van der Waals surface area contributed by atoms with Gasteiger partial charge in [-0.25, -0.2) is 9.18 Å². The van der Waals surface area contributed by atoms with E-state index in [1.807, 2.05) is 11.3 Å². The maximum atomic E-state index is 14.9. The predicted octanol–water partition coefficient (Wildman–Crippen LogP) is 9.25. The van der Waals surface area contributed by atoms with Crippen LogP contribution in [0.3, 0.4) is 0 Å². The summed E-state index contributed by atoms with van der Waals surface area (Å²) in [5, 5.41) is 0. The van der Waals surface area contributed by atoms with Crippen molar-refractivity contribution in [3.05, 3.63) is 12.2 Å². The minimum atomic E-state index is -9.82. The Morgan fingerprint density at radius 2 is 0.630 bits per heavy atom. The Hall–Kier alpha value is -2.68. The summed E-state index contributed by atoms with van der Waals surface area (Å²) < 4.78 is 364. The monoisotopic (exact) mass is 754 g/mol. The van der Waals surface area contributed by atoms with Crippen LogP contribution < -0.4 is 0 Å². The zero-order valence-corrected chi connectivity index (χ0v) is 20.2. The van der Waals surface area contributed by atoms with Crippen LogP contribution in [0.1, 0.15) is 6.92 Å². The van der Waals surface area contributed by atoms with Crippen LogP contribution in [0, 0.1) is 0 Å². The summed E-state index contributed by atoms with van der Waals surface area (Å²) in [7, 11) is 0. The molecule has 0 aliphatic rings. The number of alkyl halides is 27. The van der Waals surface area contributed by atoms with Gasteiger partial charge in [0, 0.05) is 5.57 Å². The Labute approximate surface area is 232 Å². The van der Waals surface area contributed by atoms with E-state index in [0.29, 0.717) is 0 Å². The fourth-order valence-corrected chi connectivity index (χ4v) is 2.64. The number of esters is 1. The van der Waals surface area contributed by atoms with E-state index in [4.69, 9.17) is 0 Å². The summed E-state index contributed by atoms with van der Waals surface area (Å²) in [4.78, 5) is 11.3. The lowest BCUT2D eigenvalue weighted by atomic mass is 9.81. The van der Waals surface area contributed by atoms with Crippen molar-refractivity contribution in [1.29, 1.82) is 0 Å². The van der Waals surface area contributed by atoms with E-state index >= 15 is 0 Å². The normalized spacial score (nSPS) is 17.5. The zero-order chi connectivity index (χ0) is 38.4. The summed E-state index contributed by atoms with van der Waals surface area (Å²) in [6.07, 6.45) is -25.7. The number of rotatable bonds is 11. The Bertz CT molecular complexity index is 1150. The molecule has 46 heavy (non-hydrogen) atoms. The van der Waals surface area contributed by atoms with Crippen LogP contribution in [-0.4, -0.2) is 83.4 Å². The molecule has 1 atom stereocenters. The third-order valence-corrected chi connectivity index (χ3v) is 5.33. The lowest BCUT2D eigenvalue weighted by Gasteiger charge is -2.48. The van der Waals surface area contributed by atoms with Gasteiger partial charge in [0.15, 0.2) is 0 Å². The van der Waals surface area contributed by atoms with Gasteiger partial charge in [-0.3, -0.25) is 0 Å². The largest absolute Gasteiger partial charge is 0.460 e. The van der Waals surface area contributed by atoms with E-state index in [1.165, 1.54) is 0 Å². The van der Waals surface area contributed by atoms with E-state index in [-0.39, 0.29) is 6.92 Å². The molecule has 0 aromatic carbocycles. The van der Waals surface area contributed by atoms with Crippen LogP contribution >= 0.6 is 0 Å². The van der Waals surface area contributed by atoms with Crippen molar-refractivity contribution in [2.24, 2.45) is 0 Å². The number of halogens is 27. The average molecular weight is 754 g/mol. The minimum absolute atomic E-state index is 0.241. The molecular formula is C17H5F27O2. The first kappa shape index (κ1) is 43.3. The van der Waals surface area contributed by atoms with Crippen molar-refractivity contribution in [2.75, 3.05) is 0 Å². The first-order valence-corrected chi connectivity index (χ1v) is 9.82. The average Bonchev–Trinajstić information content (AvgIpc) is 2.79. The molecule has 0 N–H and O–H groups in total.